The van der Waals surface area contributed by atoms with Crippen LogP contribution in [-0.2, 0) is 9.78 Å². The van der Waals surface area contributed by atoms with E-state index in [1.165, 1.54) is 0 Å². The second kappa shape index (κ2) is 4.08. The molecule has 0 spiro atoms. The summed E-state index contributed by atoms with van der Waals surface area (Å²) in [5.74, 6) is 0. The highest BCUT2D eigenvalue weighted by atomic mass is 35.6. The summed E-state index contributed by atoms with van der Waals surface area (Å²) in [5.41, 5.74) is 0. The Morgan fingerprint density at radius 3 is 2.30 bits per heavy atom. The van der Waals surface area contributed by atoms with E-state index in [0.29, 0.717) is 0 Å². The van der Waals surface area contributed by atoms with E-state index >= 15 is 0 Å². The summed E-state index contributed by atoms with van der Waals surface area (Å²) >= 11 is 15.4. The van der Waals surface area contributed by atoms with Crippen molar-refractivity contribution in [1.82, 2.24) is 0 Å². The third-order valence-electron chi connectivity index (χ3n) is 0.353. The predicted octanol–water partition coefficient (Wildman–Crippen LogP) is 1.98. The topological polar surface area (TPSA) is 55.8 Å². The third kappa shape index (κ3) is 8.10. The Balaban J connectivity index is 3.29. The smallest absolute Gasteiger partial charge is 0.448 e. The Labute approximate surface area is 71.5 Å². The highest BCUT2D eigenvalue weighted by molar-refractivity contribution is 6.67. The number of hydrogen-bond acceptors (Lipinski definition) is 3. The maximum Gasteiger partial charge on any atom is 0.537 e. The second-order valence-corrected chi connectivity index (χ2v) is 3.74. The molecule has 0 aliphatic carbocycles. The Bertz CT molecular complexity index is 119. The first kappa shape index (κ1) is 10.1. The molecule has 0 heterocycles. The van der Waals surface area contributed by atoms with Gasteiger partial charge in [-0.25, -0.2) is 4.79 Å². The largest absolute Gasteiger partial charge is 0.537 e. The zero-order valence-electron chi connectivity index (χ0n) is 4.51. The molecule has 0 amide bonds. The molecule has 1 N–H and O–H groups in total. The summed E-state index contributed by atoms with van der Waals surface area (Å²) < 4.78 is -1.66. The van der Waals surface area contributed by atoms with Crippen LogP contribution in [-0.4, -0.2) is 21.7 Å². The molecule has 0 radical (unpaired) electrons. The summed E-state index contributed by atoms with van der Waals surface area (Å²) in [5, 5.41) is 7.83. The summed E-state index contributed by atoms with van der Waals surface area (Å²) in [6.45, 7) is -0.441. The van der Waals surface area contributed by atoms with Crippen molar-refractivity contribution < 1.29 is 19.7 Å². The molecule has 0 aliphatic heterocycles. The molecule has 0 unspecified atom stereocenters. The lowest BCUT2D eigenvalue weighted by atomic mass is 10.8. The van der Waals surface area contributed by atoms with E-state index in [1.807, 2.05) is 0 Å². The molecule has 10 heavy (non-hydrogen) atoms. The normalized spacial score (nSPS) is 11.1. The molecule has 7 heteroatoms. The fourth-order valence-corrected chi connectivity index (χ4v) is 0.280. The van der Waals surface area contributed by atoms with Crippen molar-refractivity contribution in [2.75, 3.05) is 6.61 Å². The molecule has 0 aromatic carbocycles. The van der Waals surface area contributed by atoms with Gasteiger partial charge in [0.25, 0.3) is 0 Å². The molecular formula is C3H3Cl3O4. The van der Waals surface area contributed by atoms with Gasteiger partial charge >= 0.3 is 6.16 Å². The van der Waals surface area contributed by atoms with Crippen LogP contribution in [0.2, 0.25) is 0 Å². The molecule has 0 aliphatic rings. The van der Waals surface area contributed by atoms with Crippen molar-refractivity contribution >= 4 is 41.0 Å². The first-order valence-electron chi connectivity index (χ1n) is 2.01. The van der Waals surface area contributed by atoms with Gasteiger partial charge in [-0.15, -0.1) is 0 Å². The minimum atomic E-state index is -1.66. The number of rotatable bonds is 2. The zero-order valence-corrected chi connectivity index (χ0v) is 6.78. The van der Waals surface area contributed by atoms with Gasteiger partial charge in [-0.05, 0) is 0 Å². The van der Waals surface area contributed by atoms with E-state index < -0.39 is 16.6 Å². The van der Waals surface area contributed by atoms with E-state index in [9.17, 15) is 4.79 Å². The highest BCUT2D eigenvalue weighted by Crippen LogP contribution is 2.25. The average molecular weight is 209 g/mol. The van der Waals surface area contributed by atoms with Crippen molar-refractivity contribution in [3.05, 3.63) is 0 Å². The summed E-state index contributed by atoms with van der Waals surface area (Å²) in [6, 6.07) is 0. The lowest BCUT2D eigenvalue weighted by Gasteiger charge is -2.07. The molecule has 0 aromatic rings. The molecule has 60 valence electrons. The number of alkyl halides is 3. The number of carbonyl (C=O) groups is 1. The van der Waals surface area contributed by atoms with Crippen molar-refractivity contribution in [1.29, 1.82) is 0 Å². The lowest BCUT2D eigenvalue weighted by molar-refractivity contribution is -0.249. The maximum atomic E-state index is 9.61. The summed E-state index contributed by atoms with van der Waals surface area (Å²) in [7, 11) is 0. The SMILES string of the molecule is O=C(O)OOCC(Cl)(Cl)Cl. The molecule has 0 atom stereocenters. The molecule has 0 fully saturated rings. The lowest BCUT2D eigenvalue weighted by Crippen LogP contribution is -2.14. The molecule has 0 aromatic heterocycles. The number of halogens is 3. The van der Waals surface area contributed by atoms with Crippen molar-refractivity contribution in [3.8, 4) is 0 Å². The van der Waals surface area contributed by atoms with Gasteiger partial charge in [-0.3, -0.25) is 4.89 Å². The summed E-state index contributed by atoms with van der Waals surface area (Å²) in [6.07, 6.45) is -1.59. The molecular weight excluding hydrogens is 206 g/mol. The molecule has 0 saturated carbocycles. The predicted molar refractivity (Wildman–Crippen MR) is 35.4 cm³/mol. The van der Waals surface area contributed by atoms with Gasteiger partial charge in [-0.2, -0.15) is 4.89 Å². The van der Waals surface area contributed by atoms with Gasteiger partial charge in [0.2, 0.25) is 3.79 Å². The first-order valence-corrected chi connectivity index (χ1v) is 3.14. The van der Waals surface area contributed by atoms with E-state index in [2.05, 4.69) is 9.78 Å². The maximum absolute atomic E-state index is 9.61. The highest BCUT2D eigenvalue weighted by Gasteiger charge is 2.21. The number of carboxylic acid groups (broad SMARTS) is 1. The average Bonchev–Trinajstić information content (AvgIpc) is 1.59. The van der Waals surface area contributed by atoms with E-state index in [-0.39, 0.29) is 0 Å². The van der Waals surface area contributed by atoms with Gasteiger partial charge in [0, 0.05) is 0 Å². The van der Waals surface area contributed by atoms with Gasteiger partial charge < -0.3 is 5.11 Å². The van der Waals surface area contributed by atoms with Gasteiger partial charge in [0.1, 0.15) is 6.61 Å². The van der Waals surface area contributed by atoms with Crippen LogP contribution in [0.15, 0.2) is 0 Å². The fourth-order valence-electron chi connectivity index (χ4n) is 0.147. The molecule has 0 saturated heterocycles. The van der Waals surface area contributed by atoms with Crippen LogP contribution < -0.4 is 0 Å². The van der Waals surface area contributed by atoms with Gasteiger partial charge in [0.15, 0.2) is 0 Å². The first-order chi connectivity index (χ1) is 4.42. The van der Waals surface area contributed by atoms with Crippen LogP contribution in [0.1, 0.15) is 0 Å². The Kier molecular flexibility index (Phi) is 4.12. The van der Waals surface area contributed by atoms with Crippen LogP contribution in [0.5, 0.6) is 0 Å². The fraction of sp³-hybridized carbons (Fsp3) is 0.667. The van der Waals surface area contributed by atoms with Crippen LogP contribution in [0.4, 0.5) is 4.79 Å². The van der Waals surface area contributed by atoms with Crippen LogP contribution in [0.25, 0.3) is 0 Å². The standard InChI is InChI=1S/C3H3Cl3O4/c4-3(5,6)1-9-10-2(7)8/h1H2,(H,7,8). The third-order valence-corrected chi connectivity index (χ3v) is 0.680. The van der Waals surface area contributed by atoms with E-state index in [0.717, 1.165) is 0 Å². The van der Waals surface area contributed by atoms with Crippen LogP contribution in [0, 0.1) is 0 Å². The van der Waals surface area contributed by atoms with Crippen molar-refractivity contribution in [2.24, 2.45) is 0 Å². The Hall–Kier alpha value is 0.1000. The summed E-state index contributed by atoms with van der Waals surface area (Å²) in [4.78, 5) is 17.2. The van der Waals surface area contributed by atoms with Crippen LogP contribution in [0.3, 0.4) is 0 Å². The quantitative estimate of drug-likeness (QED) is 0.429. The van der Waals surface area contributed by atoms with E-state index in [1.54, 1.807) is 0 Å². The van der Waals surface area contributed by atoms with Crippen LogP contribution >= 0.6 is 34.8 Å². The minimum absolute atomic E-state index is 0.441. The second-order valence-electron chi connectivity index (χ2n) is 1.23. The van der Waals surface area contributed by atoms with Crippen molar-refractivity contribution in [2.45, 2.75) is 3.79 Å². The molecule has 4 nitrogen and oxygen atoms in total. The Morgan fingerprint density at radius 1 is 1.50 bits per heavy atom. The van der Waals surface area contributed by atoms with Gasteiger partial charge in [0.05, 0.1) is 0 Å². The zero-order chi connectivity index (χ0) is 8.20. The molecule has 0 rings (SSSR count). The Morgan fingerprint density at radius 2 is 2.00 bits per heavy atom. The minimum Gasteiger partial charge on any atom is -0.448 e. The van der Waals surface area contributed by atoms with Crippen molar-refractivity contribution in [3.63, 3.8) is 0 Å². The number of hydrogen-bond donors (Lipinski definition) is 1. The van der Waals surface area contributed by atoms with Gasteiger partial charge in [-0.1, -0.05) is 34.8 Å². The monoisotopic (exact) mass is 208 g/mol. The molecule has 0 bridgehead atoms. The van der Waals surface area contributed by atoms with E-state index in [4.69, 9.17) is 39.9 Å².